The van der Waals surface area contributed by atoms with Gasteiger partial charge in [-0.2, -0.15) is 0 Å². The van der Waals surface area contributed by atoms with Crippen molar-refractivity contribution in [3.63, 3.8) is 0 Å². The lowest BCUT2D eigenvalue weighted by Gasteiger charge is -2.09. The molecule has 2 rings (SSSR count). The molecule has 0 saturated heterocycles. The Bertz CT molecular complexity index is 389. The van der Waals surface area contributed by atoms with E-state index in [1.807, 2.05) is 6.92 Å². The van der Waals surface area contributed by atoms with Crippen molar-refractivity contribution in [2.24, 2.45) is 5.92 Å². The van der Waals surface area contributed by atoms with Crippen LogP contribution in [0.5, 0.6) is 0 Å². The van der Waals surface area contributed by atoms with Crippen molar-refractivity contribution in [3.8, 4) is 0 Å². The maximum atomic E-state index is 12.9. The van der Waals surface area contributed by atoms with Crippen LogP contribution in [0.25, 0.3) is 0 Å². The van der Waals surface area contributed by atoms with Crippen LogP contribution in [0.1, 0.15) is 18.9 Å². The van der Waals surface area contributed by atoms with Gasteiger partial charge in [0.05, 0.1) is 5.92 Å². The normalized spacial score (nSPS) is 30.0. The summed E-state index contributed by atoms with van der Waals surface area (Å²) in [6, 6.07) is 6.19. The molecule has 1 aromatic rings. The number of carboxylic acid groups (broad SMARTS) is 1. The van der Waals surface area contributed by atoms with Gasteiger partial charge in [0.2, 0.25) is 0 Å². The van der Waals surface area contributed by atoms with Crippen LogP contribution in [0.15, 0.2) is 24.3 Å². The number of hydrogen-bond donors (Lipinski definition) is 1. The van der Waals surface area contributed by atoms with Crippen LogP contribution >= 0.6 is 0 Å². The first-order chi connectivity index (χ1) is 6.54. The van der Waals surface area contributed by atoms with Crippen molar-refractivity contribution in [1.82, 2.24) is 0 Å². The first-order valence-corrected chi connectivity index (χ1v) is 4.53. The van der Waals surface area contributed by atoms with E-state index in [1.165, 1.54) is 12.1 Å². The molecule has 1 aromatic carbocycles. The molecule has 0 aromatic heterocycles. The van der Waals surface area contributed by atoms with Crippen LogP contribution in [0.4, 0.5) is 4.39 Å². The van der Waals surface area contributed by atoms with E-state index in [2.05, 4.69) is 0 Å². The van der Waals surface area contributed by atoms with E-state index < -0.39 is 5.97 Å². The van der Waals surface area contributed by atoms with Crippen molar-refractivity contribution >= 4 is 5.97 Å². The zero-order valence-electron chi connectivity index (χ0n) is 7.83. The number of aliphatic carboxylic acids is 1. The fourth-order valence-electron chi connectivity index (χ4n) is 1.89. The van der Waals surface area contributed by atoms with Gasteiger partial charge < -0.3 is 5.11 Å². The van der Waals surface area contributed by atoms with Crippen LogP contribution in [0.2, 0.25) is 0 Å². The molecule has 3 heteroatoms. The summed E-state index contributed by atoms with van der Waals surface area (Å²) < 4.78 is 12.9. The second-order valence-electron chi connectivity index (χ2n) is 4.02. The van der Waals surface area contributed by atoms with Gasteiger partial charge in [0, 0.05) is 5.41 Å². The summed E-state index contributed by atoms with van der Waals surface area (Å²) in [5, 5.41) is 8.83. The molecular weight excluding hydrogens is 183 g/mol. The fraction of sp³-hybridized carbons (Fsp3) is 0.364. The van der Waals surface area contributed by atoms with Crippen LogP contribution in [-0.4, -0.2) is 11.1 Å². The van der Waals surface area contributed by atoms with Crippen LogP contribution in [0.3, 0.4) is 0 Å². The minimum Gasteiger partial charge on any atom is -0.481 e. The van der Waals surface area contributed by atoms with E-state index in [-0.39, 0.29) is 17.2 Å². The van der Waals surface area contributed by atoms with Crippen molar-refractivity contribution in [1.29, 1.82) is 0 Å². The fourth-order valence-corrected chi connectivity index (χ4v) is 1.89. The van der Waals surface area contributed by atoms with Gasteiger partial charge in [-0.25, -0.2) is 4.39 Å². The number of rotatable bonds is 2. The molecule has 0 amide bonds. The van der Waals surface area contributed by atoms with Gasteiger partial charge in [-0.1, -0.05) is 19.1 Å². The van der Waals surface area contributed by atoms with Crippen molar-refractivity contribution in [3.05, 3.63) is 35.6 Å². The van der Waals surface area contributed by atoms with Gasteiger partial charge in [-0.3, -0.25) is 4.79 Å². The largest absolute Gasteiger partial charge is 0.481 e. The summed E-state index contributed by atoms with van der Waals surface area (Å²) in [4.78, 5) is 10.7. The third-order valence-electron chi connectivity index (χ3n) is 3.02. The molecule has 0 heterocycles. The van der Waals surface area contributed by atoms with Gasteiger partial charge in [0.25, 0.3) is 0 Å². The minimum absolute atomic E-state index is 0.306. The van der Waals surface area contributed by atoms with E-state index in [0.717, 1.165) is 5.56 Å². The second-order valence-corrected chi connectivity index (χ2v) is 4.02. The number of benzene rings is 1. The van der Waals surface area contributed by atoms with Crippen LogP contribution < -0.4 is 0 Å². The standard InChI is InChI=1S/C11H11FO2/c1-11(6-9(11)10(13)14)7-3-2-4-8(12)5-7/h2-5,9H,6H2,1H3,(H,13,14). The highest BCUT2D eigenvalue weighted by Gasteiger charge is 2.55. The molecule has 2 nitrogen and oxygen atoms in total. The van der Waals surface area contributed by atoms with Gasteiger partial charge in [0.15, 0.2) is 0 Å². The third kappa shape index (κ3) is 1.29. The Morgan fingerprint density at radius 3 is 2.86 bits per heavy atom. The molecule has 74 valence electrons. The predicted octanol–water partition coefficient (Wildman–Crippen LogP) is 2.19. The molecule has 0 bridgehead atoms. The monoisotopic (exact) mass is 194 g/mol. The average Bonchev–Trinajstić information content (AvgIpc) is 2.80. The third-order valence-corrected chi connectivity index (χ3v) is 3.02. The van der Waals surface area contributed by atoms with Gasteiger partial charge in [-0.15, -0.1) is 0 Å². The van der Waals surface area contributed by atoms with Gasteiger partial charge in [0.1, 0.15) is 5.82 Å². The Morgan fingerprint density at radius 2 is 2.36 bits per heavy atom. The molecule has 2 atom stereocenters. The molecule has 1 N–H and O–H groups in total. The molecule has 2 unspecified atom stereocenters. The highest BCUT2D eigenvalue weighted by molar-refractivity contribution is 5.77. The van der Waals surface area contributed by atoms with Crippen molar-refractivity contribution < 1.29 is 14.3 Å². The summed E-state index contributed by atoms with van der Waals surface area (Å²) in [6.07, 6.45) is 0.603. The molecule has 1 aliphatic carbocycles. The molecule has 0 spiro atoms. The lowest BCUT2D eigenvalue weighted by molar-refractivity contribution is -0.138. The SMILES string of the molecule is CC1(c2cccc(F)c2)CC1C(=O)O. The lowest BCUT2D eigenvalue weighted by Crippen LogP contribution is -2.11. The predicted molar refractivity (Wildman–Crippen MR) is 49.5 cm³/mol. The number of hydrogen-bond acceptors (Lipinski definition) is 1. The van der Waals surface area contributed by atoms with E-state index in [9.17, 15) is 9.18 Å². The van der Waals surface area contributed by atoms with E-state index in [4.69, 9.17) is 5.11 Å². The Hall–Kier alpha value is -1.38. The van der Waals surface area contributed by atoms with Crippen LogP contribution in [-0.2, 0) is 10.2 Å². The molecule has 1 saturated carbocycles. The topological polar surface area (TPSA) is 37.3 Å². The van der Waals surface area contributed by atoms with Gasteiger partial charge in [-0.05, 0) is 24.1 Å². The zero-order valence-corrected chi connectivity index (χ0v) is 7.83. The smallest absolute Gasteiger partial charge is 0.307 e. The first kappa shape index (κ1) is 9.19. The molecule has 1 aliphatic rings. The van der Waals surface area contributed by atoms with E-state index >= 15 is 0 Å². The average molecular weight is 194 g/mol. The molecule has 14 heavy (non-hydrogen) atoms. The van der Waals surface area contributed by atoms with Crippen molar-refractivity contribution in [2.45, 2.75) is 18.8 Å². The molecule has 0 aliphatic heterocycles. The van der Waals surface area contributed by atoms with Crippen LogP contribution in [0, 0.1) is 11.7 Å². The quantitative estimate of drug-likeness (QED) is 0.783. The number of carbonyl (C=O) groups is 1. The summed E-state index contributed by atoms with van der Waals surface area (Å²) >= 11 is 0. The van der Waals surface area contributed by atoms with E-state index in [1.54, 1.807) is 12.1 Å². The summed E-state index contributed by atoms with van der Waals surface area (Å²) in [5.74, 6) is -1.46. The first-order valence-electron chi connectivity index (χ1n) is 4.53. The maximum Gasteiger partial charge on any atom is 0.307 e. The summed E-state index contributed by atoms with van der Waals surface area (Å²) in [7, 11) is 0. The molecule has 1 fully saturated rings. The minimum atomic E-state index is -0.795. The molecular formula is C11H11FO2. The lowest BCUT2D eigenvalue weighted by atomic mass is 9.95. The highest BCUT2D eigenvalue weighted by atomic mass is 19.1. The Balaban J connectivity index is 2.30. The Morgan fingerprint density at radius 1 is 1.64 bits per heavy atom. The molecule has 0 radical (unpaired) electrons. The zero-order chi connectivity index (χ0) is 10.3. The van der Waals surface area contributed by atoms with E-state index in [0.29, 0.717) is 6.42 Å². The Labute approximate surface area is 81.4 Å². The highest BCUT2D eigenvalue weighted by Crippen LogP contribution is 2.53. The second kappa shape index (κ2) is 2.80. The maximum absolute atomic E-state index is 12.9. The summed E-state index contributed by atoms with van der Waals surface area (Å²) in [6.45, 7) is 1.86. The summed E-state index contributed by atoms with van der Waals surface area (Å²) in [5.41, 5.74) is 0.415. The van der Waals surface area contributed by atoms with Gasteiger partial charge >= 0.3 is 5.97 Å². The van der Waals surface area contributed by atoms with Crippen molar-refractivity contribution in [2.75, 3.05) is 0 Å². The number of halogens is 1. The Kier molecular flexibility index (Phi) is 1.84. The number of carboxylic acids is 1.